The minimum absolute atomic E-state index is 0.206. The third kappa shape index (κ3) is 3.51. The molecule has 162 valence electrons. The minimum atomic E-state index is -1.62. The van der Waals surface area contributed by atoms with Gasteiger partial charge in [0.15, 0.2) is 0 Å². The smallest absolute Gasteiger partial charge is 0.225 e. The van der Waals surface area contributed by atoms with Crippen LogP contribution in [0.25, 0.3) is 0 Å². The molecule has 0 bridgehead atoms. The van der Waals surface area contributed by atoms with Gasteiger partial charge in [0.05, 0.1) is 19.8 Å². The minimum Gasteiger partial charge on any atom is -0.494 e. The van der Waals surface area contributed by atoms with Crippen LogP contribution in [0.1, 0.15) is 34.7 Å². The summed E-state index contributed by atoms with van der Waals surface area (Å²) < 4.78 is 17.2. The highest BCUT2D eigenvalue weighted by Crippen LogP contribution is 2.46. The maximum Gasteiger partial charge on any atom is 0.225 e. The van der Waals surface area contributed by atoms with Gasteiger partial charge in [0, 0.05) is 5.56 Å². The van der Waals surface area contributed by atoms with E-state index >= 15 is 0 Å². The highest BCUT2D eigenvalue weighted by atomic mass is 16.7. The molecule has 4 rings (SSSR count). The topological polar surface area (TPSA) is 109 Å². The summed E-state index contributed by atoms with van der Waals surface area (Å²) in [6.07, 6.45) is -4.80. The maximum absolute atomic E-state index is 10.7. The average Bonchev–Trinajstić information content (AvgIpc) is 3.09. The average molecular weight is 416 g/mol. The van der Waals surface area contributed by atoms with Crippen molar-refractivity contribution in [3.63, 3.8) is 0 Å². The molecule has 0 unspecified atom stereocenters. The number of aliphatic hydroxyl groups excluding tert-OH is 4. The molecule has 30 heavy (non-hydrogen) atoms. The van der Waals surface area contributed by atoms with Crippen LogP contribution < -0.4 is 4.74 Å². The van der Waals surface area contributed by atoms with E-state index in [0.717, 1.165) is 28.0 Å². The molecule has 0 aromatic heterocycles. The van der Waals surface area contributed by atoms with Crippen LogP contribution >= 0.6 is 0 Å². The molecule has 0 aliphatic carbocycles. The first-order chi connectivity index (χ1) is 14.4. The second kappa shape index (κ2) is 8.26. The first kappa shape index (κ1) is 21.2. The monoisotopic (exact) mass is 416 g/mol. The summed E-state index contributed by atoms with van der Waals surface area (Å²) in [4.78, 5) is 0. The summed E-state index contributed by atoms with van der Waals surface area (Å²) in [7, 11) is 0. The lowest BCUT2D eigenvalue weighted by molar-refractivity contribution is -0.368. The number of aryl methyl sites for hydroxylation is 1. The molecule has 0 saturated carbocycles. The Labute approximate surface area is 175 Å². The first-order valence-electron chi connectivity index (χ1n) is 10.2. The molecule has 2 aromatic rings. The summed E-state index contributed by atoms with van der Waals surface area (Å²) in [6, 6.07) is 11.8. The molecule has 1 fully saturated rings. The molecular weight excluding hydrogens is 388 g/mol. The Morgan fingerprint density at radius 3 is 2.50 bits per heavy atom. The molecule has 2 aromatic carbocycles. The van der Waals surface area contributed by atoms with E-state index in [4.69, 9.17) is 14.2 Å². The summed E-state index contributed by atoms with van der Waals surface area (Å²) >= 11 is 0. The Morgan fingerprint density at radius 2 is 1.83 bits per heavy atom. The van der Waals surface area contributed by atoms with Crippen LogP contribution in [0.3, 0.4) is 0 Å². The maximum atomic E-state index is 10.7. The zero-order valence-corrected chi connectivity index (χ0v) is 17.1. The van der Waals surface area contributed by atoms with Gasteiger partial charge in [0.1, 0.15) is 30.2 Å². The van der Waals surface area contributed by atoms with Crippen LogP contribution in [0.5, 0.6) is 5.75 Å². The molecule has 7 nitrogen and oxygen atoms in total. The fraction of sp³-hybridized carbons (Fsp3) is 0.478. The molecule has 2 heterocycles. The van der Waals surface area contributed by atoms with E-state index < -0.39 is 36.8 Å². The van der Waals surface area contributed by atoms with Gasteiger partial charge in [-0.2, -0.15) is 0 Å². The number of aliphatic hydroxyl groups is 4. The number of fused-ring (bicyclic) bond motifs is 2. The van der Waals surface area contributed by atoms with Crippen molar-refractivity contribution >= 4 is 0 Å². The molecule has 2 aliphatic rings. The van der Waals surface area contributed by atoms with Gasteiger partial charge in [-0.1, -0.05) is 18.2 Å². The van der Waals surface area contributed by atoms with Crippen molar-refractivity contribution in [3.8, 4) is 5.75 Å². The van der Waals surface area contributed by atoms with Crippen LogP contribution in [0.4, 0.5) is 0 Å². The lowest BCUT2D eigenvalue weighted by Gasteiger charge is -2.46. The van der Waals surface area contributed by atoms with E-state index in [1.807, 2.05) is 50.2 Å². The van der Waals surface area contributed by atoms with Crippen molar-refractivity contribution < 1.29 is 34.6 Å². The van der Waals surface area contributed by atoms with Gasteiger partial charge in [-0.15, -0.1) is 0 Å². The first-order valence-corrected chi connectivity index (χ1v) is 10.2. The molecule has 2 aliphatic heterocycles. The lowest BCUT2D eigenvalue weighted by Crippen LogP contribution is -2.63. The molecule has 1 saturated heterocycles. The Hall–Kier alpha value is -2.00. The number of rotatable bonds is 5. The van der Waals surface area contributed by atoms with Gasteiger partial charge in [-0.25, -0.2) is 0 Å². The van der Waals surface area contributed by atoms with Crippen LogP contribution in [0, 0.1) is 6.92 Å². The zero-order chi connectivity index (χ0) is 21.5. The highest BCUT2D eigenvalue weighted by Gasteiger charge is 2.58. The predicted octanol–water partition coefficient (Wildman–Crippen LogP) is 1.14. The zero-order valence-electron chi connectivity index (χ0n) is 17.1. The molecule has 0 amide bonds. The van der Waals surface area contributed by atoms with Gasteiger partial charge >= 0.3 is 0 Å². The highest BCUT2D eigenvalue weighted by molar-refractivity contribution is 5.45. The standard InChI is InChI=1S/C23H28O7/c1-3-28-17-6-4-14(5-7-17)9-15-10-18-16(8-13(15)2)12-29-23(18)22(27)21(26)20(25)19(11-24)30-23/h4-8,10,19-22,24-27H,3,9,11-12H2,1-2H3/t19-,20-,21+,22-,23+/m1/s1. The Bertz CT molecular complexity index is 895. The predicted molar refractivity (Wildman–Crippen MR) is 108 cm³/mol. The van der Waals surface area contributed by atoms with Crippen LogP contribution in [0.15, 0.2) is 36.4 Å². The van der Waals surface area contributed by atoms with E-state index in [2.05, 4.69) is 0 Å². The SMILES string of the molecule is CCOc1ccc(Cc2cc3c(cc2C)CO[C@]32O[C@H](CO)[C@@H](O)[C@H](O)[C@H]2O)cc1. The second-order valence-electron chi connectivity index (χ2n) is 7.91. The van der Waals surface area contributed by atoms with Gasteiger partial charge in [-0.05, 0) is 60.7 Å². The lowest BCUT2D eigenvalue weighted by atomic mass is 9.85. The van der Waals surface area contributed by atoms with E-state index in [1.54, 1.807) is 0 Å². The second-order valence-corrected chi connectivity index (χ2v) is 7.91. The van der Waals surface area contributed by atoms with Crippen molar-refractivity contribution in [1.82, 2.24) is 0 Å². The quantitative estimate of drug-likeness (QED) is 0.579. The normalized spacial score (nSPS) is 30.5. The van der Waals surface area contributed by atoms with Gasteiger partial charge in [-0.3, -0.25) is 0 Å². The fourth-order valence-corrected chi connectivity index (χ4v) is 4.28. The number of ether oxygens (including phenoxy) is 3. The van der Waals surface area contributed by atoms with Gasteiger partial charge in [0.25, 0.3) is 0 Å². The third-order valence-corrected chi connectivity index (χ3v) is 5.96. The summed E-state index contributed by atoms with van der Waals surface area (Å²) in [5.41, 5.74) is 4.67. The molecule has 0 radical (unpaired) electrons. The Balaban J connectivity index is 1.67. The molecule has 5 atom stereocenters. The third-order valence-electron chi connectivity index (χ3n) is 5.96. The summed E-state index contributed by atoms with van der Waals surface area (Å²) in [6.45, 7) is 4.28. The largest absolute Gasteiger partial charge is 0.494 e. The summed E-state index contributed by atoms with van der Waals surface area (Å²) in [5.74, 6) is -0.802. The van der Waals surface area contributed by atoms with E-state index in [-0.39, 0.29) is 6.61 Å². The van der Waals surface area contributed by atoms with E-state index in [1.165, 1.54) is 0 Å². The van der Waals surface area contributed by atoms with Crippen molar-refractivity contribution in [2.75, 3.05) is 13.2 Å². The van der Waals surface area contributed by atoms with Gasteiger partial charge in [0.2, 0.25) is 5.79 Å². The molecule has 1 spiro atoms. The number of hydrogen-bond acceptors (Lipinski definition) is 7. The van der Waals surface area contributed by atoms with Crippen molar-refractivity contribution in [2.45, 2.75) is 57.1 Å². The van der Waals surface area contributed by atoms with Crippen molar-refractivity contribution in [1.29, 1.82) is 0 Å². The van der Waals surface area contributed by atoms with E-state index in [0.29, 0.717) is 18.6 Å². The Kier molecular flexibility index (Phi) is 5.85. The molecule has 7 heteroatoms. The van der Waals surface area contributed by atoms with Gasteiger partial charge < -0.3 is 34.6 Å². The molecule has 4 N–H and O–H groups in total. The fourth-order valence-electron chi connectivity index (χ4n) is 4.28. The summed E-state index contributed by atoms with van der Waals surface area (Å²) in [5, 5.41) is 40.7. The van der Waals surface area contributed by atoms with Crippen molar-refractivity contribution in [3.05, 3.63) is 64.2 Å². The van der Waals surface area contributed by atoms with Crippen LogP contribution in [-0.4, -0.2) is 58.1 Å². The van der Waals surface area contributed by atoms with Crippen molar-refractivity contribution in [2.24, 2.45) is 0 Å². The van der Waals surface area contributed by atoms with Crippen LogP contribution in [0.2, 0.25) is 0 Å². The number of benzene rings is 2. The van der Waals surface area contributed by atoms with Crippen LogP contribution in [-0.2, 0) is 28.3 Å². The number of hydrogen-bond donors (Lipinski definition) is 4. The molecular formula is C23H28O7. The Morgan fingerprint density at radius 1 is 1.10 bits per heavy atom. The van der Waals surface area contributed by atoms with E-state index in [9.17, 15) is 20.4 Å².